The SMILES string of the molecule is CN=C1C(=O)C2CC2C1=C(N)C(F)F. The van der Waals surface area contributed by atoms with E-state index in [0.717, 1.165) is 0 Å². The molecule has 0 spiro atoms. The predicted octanol–water partition coefficient (Wildman–Crippen LogP) is 0.754. The van der Waals surface area contributed by atoms with Gasteiger partial charge in [0, 0.05) is 18.5 Å². The Morgan fingerprint density at radius 1 is 1.57 bits per heavy atom. The zero-order chi connectivity index (χ0) is 10.5. The summed E-state index contributed by atoms with van der Waals surface area (Å²) in [5.41, 5.74) is 5.23. The van der Waals surface area contributed by atoms with E-state index in [2.05, 4.69) is 4.99 Å². The Morgan fingerprint density at radius 2 is 2.21 bits per heavy atom. The van der Waals surface area contributed by atoms with E-state index in [1.807, 2.05) is 0 Å². The van der Waals surface area contributed by atoms with E-state index in [-0.39, 0.29) is 28.9 Å². The van der Waals surface area contributed by atoms with Gasteiger partial charge in [-0.3, -0.25) is 9.79 Å². The van der Waals surface area contributed by atoms with Crippen molar-refractivity contribution in [2.75, 3.05) is 7.05 Å². The average Bonchev–Trinajstić information content (AvgIpc) is 2.86. The van der Waals surface area contributed by atoms with Crippen molar-refractivity contribution < 1.29 is 13.6 Å². The minimum absolute atomic E-state index is 0.0878. The molecule has 0 heterocycles. The third-order valence-electron chi connectivity index (χ3n) is 2.76. The maximum absolute atomic E-state index is 12.4. The molecule has 2 atom stereocenters. The fraction of sp³-hybridized carbons (Fsp3) is 0.556. The number of halogens is 2. The van der Waals surface area contributed by atoms with Crippen LogP contribution in [-0.2, 0) is 4.79 Å². The molecule has 2 aliphatic carbocycles. The van der Waals surface area contributed by atoms with E-state index in [4.69, 9.17) is 5.73 Å². The molecule has 2 rings (SSSR count). The summed E-state index contributed by atoms with van der Waals surface area (Å²) in [5, 5.41) is 0. The van der Waals surface area contributed by atoms with Crippen molar-refractivity contribution in [3.05, 3.63) is 11.3 Å². The molecule has 2 fully saturated rings. The van der Waals surface area contributed by atoms with Gasteiger partial charge in [0.2, 0.25) is 0 Å². The van der Waals surface area contributed by atoms with Gasteiger partial charge in [0.1, 0.15) is 5.71 Å². The molecule has 14 heavy (non-hydrogen) atoms. The summed E-state index contributed by atoms with van der Waals surface area (Å²) in [5.74, 6) is -0.340. The number of alkyl halides is 2. The number of hydrogen-bond acceptors (Lipinski definition) is 3. The number of carbonyl (C=O) groups excluding carboxylic acids is 1. The van der Waals surface area contributed by atoms with Gasteiger partial charge in [-0.2, -0.15) is 0 Å². The van der Waals surface area contributed by atoms with Gasteiger partial charge in [-0.15, -0.1) is 0 Å². The van der Waals surface area contributed by atoms with E-state index in [1.54, 1.807) is 0 Å². The first-order valence-electron chi connectivity index (χ1n) is 4.37. The van der Waals surface area contributed by atoms with Gasteiger partial charge in [-0.05, 0) is 12.3 Å². The Kier molecular flexibility index (Phi) is 1.90. The fourth-order valence-corrected chi connectivity index (χ4v) is 1.99. The molecule has 0 amide bonds. The number of carbonyl (C=O) groups is 1. The van der Waals surface area contributed by atoms with Crippen LogP contribution in [0.3, 0.4) is 0 Å². The number of Topliss-reactive ketones (excluding diaryl/α,β-unsaturated/α-hetero) is 1. The molecule has 5 heteroatoms. The van der Waals surface area contributed by atoms with Crippen LogP contribution in [0.5, 0.6) is 0 Å². The zero-order valence-electron chi connectivity index (χ0n) is 7.63. The van der Waals surface area contributed by atoms with Gasteiger partial charge in [0.25, 0.3) is 6.43 Å². The maximum atomic E-state index is 12.4. The highest BCUT2D eigenvalue weighted by Crippen LogP contribution is 2.52. The number of hydrogen-bond donors (Lipinski definition) is 1. The van der Waals surface area contributed by atoms with Crippen molar-refractivity contribution in [3.8, 4) is 0 Å². The standard InChI is InChI=1S/C9H10F2N2O/c1-13-7-5(6(12)9(10)11)3-2-4(3)8(7)14/h3-4,9H,2,12H2,1H3. The number of fused-ring (bicyclic) bond motifs is 1. The molecular weight excluding hydrogens is 190 g/mol. The fourth-order valence-electron chi connectivity index (χ4n) is 1.99. The second-order valence-corrected chi connectivity index (χ2v) is 3.55. The molecule has 0 aromatic heterocycles. The molecule has 2 saturated carbocycles. The van der Waals surface area contributed by atoms with Gasteiger partial charge >= 0.3 is 0 Å². The van der Waals surface area contributed by atoms with Crippen LogP contribution in [0, 0.1) is 11.8 Å². The third-order valence-corrected chi connectivity index (χ3v) is 2.76. The summed E-state index contributed by atoms with van der Waals surface area (Å²) in [7, 11) is 1.43. The smallest absolute Gasteiger partial charge is 0.278 e. The second-order valence-electron chi connectivity index (χ2n) is 3.55. The highest BCUT2D eigenvalue weighted by atomic mass is 19.3. The number of aliphatic imine (C=N–C) groups is 1. The van der Waals surface area contributed by atoms with E-state index in [1.165, 1.54) is 7.05 Å². The molecular formula is C9H10F2N2O. The largest absolute Gasteiger partial charge is 0.397 e. The van der Waals surface area contributed by atoms with Gasteiger partial charge < -0.3 is 5.73 Å². The lowest BCUT2D eigenvalue weighted by molar-refractivity contribution is -0.113. The monoisotopic (exact) mass is 200 g/mol. The molecule has 0 aromatic carbocycles. The van der Waals surface area contributed by atoms with E-state index in [9.17, 15) is 13.6 Å². The maximum Gasteiger partial charge on any atom is 0.278 e. The first-order valence-corrected chi connectivity index (χ1v) is 4.37. The molecule has 2 N–H and O–H groups in total. The van der Waals surface area contributed by atoms with Crippen molar-refractivity contribution in [3.63, 3.8) is 0 Å². The lowest BCUT2D eigenvalue weighted by Gasteiger charge is -2.07. The van der Waals surface area contributed by atoms with E-state index >= 15 is 0 Å². The van der Waals surface area contributed by atoms with Crippen molar-refractivity contribution in [1.29, 1.82) is 0 Å². The van der Waals surface area contributed by atoms with Gasteiger partial charge in [-0.25, -0.2) is 8.78 Å². The molecule has 0 aliphatic heterocycles. The minimum Gasteiger partial charge on any atom is -0.397 e. The lowest BCUT2D eigenvalue weighted by Crippen LogP contribution is -2.19. The molecule has 3 nitrogen and oxygen atoms in total. The lowest BCUT2D eigenvalue weighted by atomic mass is 10.1. The Balaban J connectivity index is 2.45. The summed E-state index contributed by atoms with van der Waals surface area (Å²) in [6.45, 7) is 0. The van der Waals surface area contributed by atoms with Crippen molar-refractivity contribution >= 4 is 11.5 Å². The van der Waals surface area contributed by atoms with Crippen molar-refractivity contribution in [1.82, 2.24) is 0 Å². The Bertz CT molecular complexity index is 360. The van der Waals surface area contributed by atoms with E-state index in [0.29, 0.717) is 6.42 Å². The zero-order valence-corrected chi connectivity index (χ0v) is 7.63. The Labute approximate surface area is 79.7 Å². The first kappa shape index (κ1) is 9.30. The molecule has 0 bridgehead atoms. The minimum atomic E-state index is -2.70. The number of nitrogens with zero attached hydrogens (tertiary/aromatic N) is 1. The number of allylic oxidation sites excluding steroid dienone is 2. The van der Waals surface area contributed by atoms with Crippen molar-refractivity contribution in [2.24, 2.45) is 22.6 Å². The molecule has 0 radical (unpaired) electrons. The topological polar surface area (TPSA) is 55.5 Å². The molecule has 76 valence electrons. The van der Waals surface area contributed by atoms with Crippen LogP contribution in [0.2, 0.25) is 0 Å². The molecule has 0 aromatic rings. The Morgan fingerprint density at radius 3 is 2.71 bits per heavy atom. The summed E-state index contributed by atoms with van der Waals surface area (Å²) < 4.78 is 24.7. The quantitative estimate of drug-likeness (QED) is 0.679. The molecule has 2 unspecified atom stereocenters. The van der Waals surface area contributed by atoms with Crippen LogP contribution in [0.15, 0.2) is 16.3 Å². The van der Waals surface area contributed by atoms with Crippen LogP contribution in [0.4, 0.5) is 8.78 Å². The first-order chi connectivity index (χ1) is 6.57. The van der Waals surface area contributed by atoms with Gasteiger partial charge in [-0.1, -0.05) is 0 Å². The van der Waals surface area contributed by atoms with Crippen LogP contribution >= 0.6 is 0 Å². The molecule has 0 saturated heterocycles. The van der Waals surface area contributed by atoms with Crippen LogP contribution in [-0.4, -0.2) is 25.0 Å². The second kappa shape index (κ2) is 2.87. The van der Waals surface area contributed by atoms with Crippen molar-refractivity contribution in [2.45, 2.75) is 12.8 Å². The van der Waals surface area contributed by atoms with Crippen LogP contribution in [0.1, 0.15) is 6.42 Å². The summed E-state index contributed by atoms with van der Waals surface area (Å²) in [4.78, 5) is 15.2. The number of nitrogens with two attached hydrogens (primary N) is 1. The number of rotatable bonds is 1. The molecule has 2 aliphatic rings. The van der Waals surface area contributed by atoms with Gasteiger partial charge in [0.05, 0.1) is 5.70 Å². The van der Waals surface area contributed by atoms with Crippen LogP contribution in [0.25, 0.3) is 0 Å². The normalized spacial score (nSPS) is 36.6. The highest BCUT2D eigenvalue weighted by molar-refractivity contribution is 6.50. The summed E-state index contributed by atoms with van der Waals surface area (Å²) >= 11 is 0. The van der Waals surface area contributed by atoms with Crippen LogP contribution < -0.4 is 5.73 Å². The third kappa shape index (κ3) is 1.08. The van der Waals surface area contributed by atoms with E-state index < -0.39 is 12.1 Å². The predicted molar refractivity (Wildman–Crippen MR) is 47.2 cm³/mol. The summed E-state index contributed by atoms with van der Waals surface area (Å²) in [6, 6.07) is 0. The average molecular weight is 200 g/mol. The number of ketones is 1. The Hall–Kier alpha value is -1.26. The summed E-state index contributed by atoms with van der Waals surface area (Å²) in [6.07, 6.45) is -2.05. The highest BCUT2D eigenvalue weighted by Gasteiger charge is 2.56. The van der Waals surface area contributed by atoms with Gasteiger partial charge in [0.15, 0.2) is 5.78 Å².